The Bertz CT molecular complexity index is 305. The summed E-state index contributed by atoms with van der Waals surface area (Å²) in [4.78, 5) is 0. The fraction of sp³-hybridized carbons (Fsp3) is 1.00. The van der Waals surface area contributed by atoms with Gasteiger partial charge in [0.1, 0.15) is 0 Å². The molecule has 3 fully saturated rings. The van der Waals surface area contributed by atoms with Crippen molar-refractivity contribution < 1.29 is 4.74 Å². The van der Waals surface area contributed by atoms with Crippen LogP contribution in [0.5, 0.6) is 0 Å². The van der Waals surface area contributed by atoms with Crippen LogP contribution in [-0.4, -0.2) is 24.3 Å². The first-order valence-electron chi connectivity index (χ1n) is 9.12. The standard InChI is InChI=1S/C18H33NO/c1-3-15-7-8-17(14(15)2)19-16-9-12-20-18(13-16)10-5-4-6-11-18/h14-17,19H,3-13H2,1-2H3. The quantitative estimate of drug-likeness (QED) is 0.832. The topological polar surface area (TPSA) is 21.3 Å². The Labute approximate surface area is 125 Å². The van der Waals surface area contributed by atoms with E-state index in [2.05, 4.69) is 19.2 Å². The van der Waals surface area contributed by atoms with Gasteiger partial charge in [0.25, 0.3) is 0 Å². The van der Waals surface area contributed by atoms with E-state index in [0.29, 0.717) is 6.04 Å². The Morgan fingerprint density at radius 2 is 1.90 bits per heavy atom. The highest BCUT2D eigenvalue weighted by Gasteiger charge is 2.40. The van der Waals surface area contributed by atoms with E-state index in [4.69, 9.17) is 4.74 Å². The lowest BCUT2D eigenvalue weighted by Gasteiger charge is -2.44. The third kappa shape index (κ3) is 3.06. The van der Waals surface area contributed by atoms with E-state index in [9.17, 15) is 0 Å². The van der Waals surface area contributed by atoms with Crippen LogP contribution in [0.3, 0.4) is 0 Å². The van der Waals surface area contributed by atoms with Gasteiger partial charge in [-0.25, -0.2) is 0 Å². The normalized spacial score (nSPS) is 41.1. The summed E-state index contributed by atoms with van der Waals surface area (Å²) in [6.07, 6.45) is 13.5. The van der Waals surface area contributed by atoms with E-state index >= 15 is 0 Å². The summed E-state index contributed by atoms with van der Waals surface area (Å²) in [6, 6.07) is 1.48. The molecule has 0 aromatic heterocycles. The molecule has 0 radical (unpaired) electrons. The van der Waals surface area contributed by atoms with E-state index in [1.54, 1.807) is 0 Å². The Hall–Kier alpha value is -0.0800. The van der Waals surface area contributed by atoms with E-state index in [1.807, 2.05) is 0 Å². The van der Waals surface area contributed by atoms with Crippen LogP contribution in [0.1, 0.15) is 78.1 Å². The van der Waals surface area contributed by atoms with Crippen molar-refractivity contribution in [2.75, 3.05) is 6.61 Å². The van der Waals surface area contributed by atoms with Gasteiger partial charge in [-0.15, -0.1) is 0 Å². The van der Waals surface area contributed by atoms with Crippen molar-refractivity contribution in [2.24, 2.45) is 11.8 Å². The molecule has 3 rings (SSSR count). The highest BCUT2D eigenvalue weighted by molar-refractivity contribution is 4.95. The van der Waals surface area contributed by atoms with Crippen LogP contribution >= 0.6 is 0 Å². The van der Waals surface area contributed by atoms with Gasteiger partial charge in [0, 0.05) is 18.7 Å². The van der Waals surface area contributed by atoms with Gasteiger partial charge in [0.15, 0.2) is 0 Å². The summed E-state index contributed by atoms with van der Waals surface area (Å²) in [5, 5.41) is 4.02. The molecule has 4 unspecified atom stereocenters. The lowest BCUT2D eigenvalue weighted by molar-refractivity contribution is -0.110. The minimum Gasteiger partial charge on any atom is -0.375 e. The lowest BCUT2D eigenvalue weighted by Crippen LogP contribution is -2.51. The summed E-state index contributed by atoms with van der Waals surface area (Å²) >= 11 is 0. The van der Waals surface area contributed by atoms with Gasteiger partial charge >= 0.3 is 0 Å². The Morgan fingerprint density at radius 3 is 2.60 bits per heavy atom. The molecule has 3 aliphatic rings. The minimum absolute atomic E-state index is 0.250. The number of nitrogens with one attached hydrogen (secondary N) is 1. The molecule has 2 aliphatic carbocycles. The van der Waals surface area contributed by atoms with Gasteiger partial charge in [-0.05, 0) is 50.4 Å². The molecule has 20 heavy (non-hydrogen) atoms. The molecular formula is C18H33NO. The Balaban J connectivity index is 1.55. The number of hydrogen-bond acceptors (Lipinski definition) is 2. The van der Waals surface area contributed by atoms with Gasteiger partial charge < -0.3 is 10.1 Å². The van der Waals surface area contributed by atoms with Crippen molar-refractivity contribution in [1.29, 1.82) is 0 Å². The summed E-state index contributed by atoms with van der Waals surface area (Å²) in [5.74, 6) is 1.82. The van der Waals surface area contributed by atoms with Gasteiger partial charge in [0.2, 0.25) is 0 Å². The fourth-order valence-corrected chi connectivity index (χ4v) is 5.08. The van der Waals surface area contributed by atoms with E-state index in [0.717, 1.165) is 24.5 Å². The van der Waals surface area contributed by atoms with Crippen molar-refractivity contribution in [1.82, 2.24) is 5.32 Å². The average Bonchev–Trinajstić information content (AvgIpc) is 2.80. The first-order valence-corrected chi connectivity index (χ1v) is 9.12. The maximum absolute atomic E-state index is 6.23. The van der Waals surface area contributed by atoms with Gasteiger partial charge in [-0.2, -0.15) is 0 Å². The fourth-order valence-electron chi connectivity index (χ4n) is 5.08. The highest BCUT2D eigenvalue weighted by atomic mass is 16.5. The second kappa shape index (κ2) is 6.36. The van der Waals surface area contributed by atoms with Crippen LogP contribution in [0.4, 0.5) is 0 Å². The van der Waals surface area contributed by atoms with E-state index in [-0.39, 0.29) is 5.60 Å². The Kier molecular flexibility index (Phi) is 4.72. The molecule has 0 amide bonds. The van der Waals surface area contributed by atoms with Crippen molar-refractivity contribution in [2.45, 2.75) is 95.7 Å². The zero-order valence-electron chi connectivity index (χ0n) is 13.5. The van der Waals surface area contributed by atoms with Crippen LogP contribution in [0.25, 0.3) is 0 Å². The molecule has 1 aliphatic heterocycles. The third-order valence-electron chi connectivity index (χ3n) is 6.46. The average molecular weight is 279 g/mol. The minimum atomic E-state index is 0.250. The second-order valence-corrected chi connectivity index (χ2v) is 7.66. The first-order chi connectivity index (χ1) is 9.72. The molecule has 1 spiro atoms. The van der Waals surface area contributed by atoms with Crippen LogP contribution in [0.15, 0.2) is 0 Å². The monoisotopic (exact) mass is 279 g/mol. The zero-order chi connectivity index (χ0) is 14.0. The molecule has 2 saturated carbocycles. The SMILES string of the molecule is CCC1CCC(NC2CCOC3(CCCCC3)C2)C1C. The summed E-state index contributed by atoms with van der Waals surface area (Å²) in [7, 11) is 0. The predicted octanol–water partition coefficient (Wildman–Crippen LogP) is 4.28. The molecule has 4 atom stereocenters. The lowest BCUT2D eigenvalue weighted by atomic mass is 9.78. The van der Waals surface area contributed by atoms with E-state index in [1.165, 1.54) is 64.2 Å². The van der Waals surface area contributed by atoms with Crippen molar-refractivity contribution in [3.05, 3.63) is 0 Å². The van der Waals surface area contributed by atoms with Crippen LogP contribution < -0.4 is 5.32 Å². The van der Waals surface area contributed by atoms with Crippen LogP contribution in [-0.2, 0) is 4.74 Å². The van der Waals surface area contributed by atoms with Gasteiger partial charge in [0.05, 0.1) is 5.60 Å². The van der Waals surface area contributed by atoms with Crippen molar-refractivity contribution >= 4 is 0 Å². The van der Waals surface area contributed by atoms with Gasteiger partial charge in [-0.1, -0.05) is 39.5 Å². The molecule has 116 valence electrons. The second-order valence-electron chi connectivity index (χ2n) is 7.66. The summed E-state index contributed by atoms with van der Waals surface area (Å²) in [6.45, 7) is 5.81. The highest BCUT2D eigenvalue weighted by Crippen LogP contribution is 2.40. The molecule has 1 saturated heterocycles. The molecule has 0 aromatic carbocycles. The third-order valence-corrected chi connectivity index (χ3v) is 6.46. The molecule has 1 N–H and O–H groups in total. The summed E-state index contributed by atoms with van der Waals surface area (Å²) in [5.41, 5.74) is 0.250. The maximum Gasteiger partial charge on any atom is 0.0697 e. The number of hydrogen-bond donors (Lipinski definition) is 1. The van der Waals surface area contributed by atoms with Crippen LogP contribution in [0, 0.1) is 11.8 Å². The molecule has 0 aromatic rings. The summed E-state index contributed by atoms with van der Waals surface area (Å²) < 4.78 is 6.23. The molecule has 2 heteroatoms. The smallest absolute Gasteiger partial charge is 0.0697 e. The largest absolute Gasteiger partial charge is 0.375 e. The predicted molar refractivity (Wildman–Crippen MR) is 83.9 cm³/mol. The molecule has 2 nitrogen and oxygen atoms in total. The maximum atomic E-state index is 6.23. The molecule has 0 bridgehead atoms. The molecular weight excluding hydrogens is 246 g/mol. The van der Waals surface area contributed by atoms with Crippen molar-refractivity contribution in [3.63, 3.8) is 0 Å². The Morgan fingerprint density at radius 1 is 1.10 bits per heavy atom. The van der Waals surface area contributed by atoms with E-state index < -0.39 is 0 Å². The number of ether oxygens (including phenoxy) is 1. The first kappa shape index (κ1) is 14.8. The van der Waals surface area contributed by atoms with Gasteiger partial charge in [-0.3, -0.25) is 0 Å². The van der Waals surface area contributed by atoms with Crippen molar-refractivity contribution in [3.8, 4) is 0 Å². The van der Waals surface area contributed by atoms with Crippen LogP contribution in [0.2, 0.25) is 0 Å². The molecule has 1 heterocycles. The zero-order valence-corrected chi connectivity index (χ0v) is 13.5. The number of rotatable bonds is 3.